The number of hydrogen-bond acceptors (Lipinski definition) is 1. The van der Waals surface area contributed by atoms with Crippen molar-refractivity contribution >= 4 is 53.3 Å². The van der Waals surface area contributed by atoms with Gasteiger partial charge < -0.3 is 4.57 Å². The normalized spacial score (nSPS) is 12.3. The molecule has 0 fully saturated rings. The Balaban J connectivity index is 1.99. The first kappa shape index (κ1) is 14.1. The van der Waals surface area contributed by atoms with Crippen molar-refractivity contribution in [1.82, 2.24) is 4.57 Å². The average molecular weight is 329 g/mol. The van der Waals surface area contributed by atoms with Crippen LogP contribution >= 0.6 is 11.3 Å². The van der Waals surface area contributed by atoms with Gasteiger partial charge in [0.15, 0.2) is 0 Å². The third-order valence-electron chi connectivity index (χ3n) is 5.18. The summed E-state index contributed by atoms with van der Waals surface area (Å²) < 4.78 is 5.16. The molecule has 0 unspecified atom stereocenters. The van der Waals surface area contributed by atoms with E-state index in [1.807, 2.05) is 11.3 Å². The number of aryl methyl sites for hydroxylation is 1. The van der Waals surface area contributed by atoms with E-state index in [2.05, 4.69) is 80.1 Å². The van der Waals surface area contributed by atoms with Crippen LogP contribution in [0, 0.1) is 0 Å². The van der Waals surface area contributed by atoms with Crippen molar-refractivity contribution in [1.29, 1.82) is 0 Å². The molecule has 0 radical (unpaired) electrons. The maximum Gasteiger partial charge on any atom is 0.0495 e. The van der Waals surface area contributed by atoms with E-state index in [0.717, 1.165) is 0 Å². The topological polar surface area (TPSA) is 4.93 Å². The van der Waals surface area contributed by atoms with Gasteiger partial charge >= 0.3 is 0 Å². The smallest absolute Gasteiger partial charge is 0.0495 e. The number of para-hydroxylation sites is 1. The van der Waals surface area contributed by atoms with Crippen LogP contribution in [0.4, 0.5) is 0 Å². The van der Waals surface area contributed by atoms with Crippen LogP contribution in [0.3, 0.4) is 0 Å². The molecule has 3 aromatic carbocycles. The van der Waals surface area contributed by atoms with Crippen molar-refractivity contribution in [2.75, 3.05) is 0 Å². The molecular formula is C22H19NS. The van der Waals surface area contributed by atoms with Crippen molar-refractivity contribution in [2.24, 2.45) is 7.05 Å². The second-order valence-corrected chi connectivity index (χ2v) is 7.97. The summed E-state index contributed by atoms with van der Waals surface area (Å²) in [6, 6.07) is 20.2. The summed E-state index contributed by atoms with van der Waals surface area (Å²) in [6.45, 7) is 4.56. The zero-order valence-corrected chi connectivity index (χ0v) is 14.9. The summed E-state index contributed by atoms with van der Waals surface area (Å²) in [6.07, 6.45) is 0. The highest BCUT2D eigenvalue weighted by Gasteiger charge is 2.14. The van der Waals surface area contributed by atoms with E-state index in [0.29, 0.717) is 5.92 Å². The molecular weight excluding hydrogens is 310 g/mol. The van der Waals surface area contributed by atoms with Gasteiger partial charge in [-0.3, -0.25) is 0 Å². The number of benzene rings is 3. The molecule has 2 heterocycles. The van der Waals surface area contributed by atoms with Crippen LogP contribution in [-0.4, -0.2) is 4.57 Å². The summed E-state index contributed by atoms with van der Waals surface area (Å²) >= 11 is 1.94. The minimum atomic E-state index is 0.553. The zero-order valence-electron chi connectivity index (χ0n) is 14.1. The Bertz CT molecular complexity index is 1240. The van der Waals surface area contributed by atoms with Gasteiger partial charge in [-0.1, -0.05) is 50.2 Å². The van der Waals surface area contributed by atoms with Crippen LogP contribution < -0.4 is 0 Å². The lowest BCUT2D eigenvalue weighted by atomic mass is 10.0. The van der Waals surface area contributed by atoms with E-state index in [4.69, 9.17) is 0 Å². The Morgan fingerprint density at radius 3 is 2.42 bits per heavy atom. The first-order chi connectivity index (χ1) is 11.6. The molecule has 0 aliphatic carbocycles. The van der Waals surface area contributed by atoms with Crippen LogP contribution in [0.25, 0.3) is 42.0 Å². The zero-order chi connectivity index (χ0) is 16.4. The Hall–Kier alpha value is -2.32. The van der Waals surface area contributed by atoms with Crippen LogP contribution in [0.2, 0.25) is 0 Å². The van der Waals surface area contributed by atoms with E-state index in [-0.39, 0.29) is 0 Å². The lowest BCUT2D eigenvalue weighted by molar-refractivity contribution is 0.878. The van der Waals surface area contributed by atoms with E-state index in [1.54, 1.807) is 0 Å². The standard InChI is InChI=1S/C22H19NS/c1-13(2)14-8-6-9-16-18-11-20-17(12-21(18)24-22(14)16)15-7-4-5-10-19(15)23(20)3/h4-13H,1-3H3. The molecule has 0 aliphatic heterocycles. The van der Waals surface area contributed by atoms with Crippen molar-refractivity contribution < 1.29 is 0 Å². The molecule has 1 nitrogen and oxygen atoms in total. The lowest BCUT2D eigenvalue weighted by Gasteiger charge is -2.05. The predicted molar refractivity (Wildman–Crippen MR) is 107 cm³/mol. The monoisotopic (exact) mass is 329 g/mol. The summed E-state index contributed by atoms with van der Waals surface area (Å²) in [7, 11) is 2.17. The van der Waals surface area contributed by atoms with Gasteiger partial charge in [-0.05, 0) is 29.7 Å². The first-order valence-corrected chi connectivity index (χ1v) is 9.29. The lowest BCUT2D eigenvalue weighted by Crippen LogP contribution is -1.86. The van der Waals surface area contributed by atoms with Crippen molar-refractivity contribution in [3.63, 3.8) is 0 Å². The van der Waals surface area contributed by atoms with Gasteiger partial charge in [0.05, 0.1) is 0 Å². The highest BCUT2D eigenvalue weighted by molar-refractivity contribution is 7.26. The number of aromatic nitrogens is 1. The molecule has 0 N–H and O–H groups in total. The Labute approximate surface area is 145 Å². The second-order valence-electron chi connectivity index (χ2n) is 6.92. The molecule has 5 aromatic rings. The van der Waals surface area contributed by atoms with Crippen molar-refractivity contribution in [3.05, 3.63) is 60.2 Å². The maximum absolute atomic E-state index is 2.39. The molecule has 0 spiro atoms. The fraction of sp³-hybridized carbons (Fsp3) is 0.182. The summed E-state index contributed by atoms with van der Waals surface area (Å²) in [4.78, 5) is 0. The number of hydrogen-bond donors (Lipinski definition) is 0. The van der Waals surface area contributed by atoms with E-state index < -0.39 is 0 Å². The molecule has 118 valence electrons. The second kappa shape index (κ2) is 4.84. The van der Waals surface area contributed by atoms with E-state index >= 15 is 0 Å². The Morgan fingerprint density at radius 1 is 0.792 bits per heavy atom. The quantitative estimate of drug-likeness (QED) is 0.318. The number of rotatable bonds is 1. The fourth-order valence-corrected chi connectivity index (χ4v) is 5.31. The van der Waals surface area contributed by atoms with Crippen LogP contribution in [0.1, 0.15) is 25.3 Å². The van der Waals surface area contributed by atoms with Gasteiger partial charge in [0, 0.05) is 49.0 Å². The van der Waals surface area contributed by atoms with E-state index in [9.17, 15) is 0 Å². The predicted octanol–water partition coefficient (Wildman–Crippen LogP) is 6.82. The van der Waals surface area contributed by atoms with Gasteiger partial charge in [-0.25, -0.2) is 0 Å². The third-order valence-corrected chi connectivity index (χ3v) is 6.40. The molecule has 24 heavy (non-hydrogen) atoms. The van der Waals surface area contributed by atoms with Crippen LogP contribution in [0.15, 0.2) is 54.6 Å². The Kier molecular flexibility index (Phi) is 2.84. The number of nitrogens with zero attached hydrogens (tertiary/aromatic N) is 1. The van der Waals surface area contributed by atoms with Gasteiger partial charge in [0.25, 0.3) is 0 Å². The third kappa shape index (κ3) is 1.75. The molecule has 0 saturated carbocycles. The van der Waals surface area contributed by atoms with Gasteiger partial charge in [-0.15, -0.1) is 11.3 Å². The molecule has 2 aromatic heterocycles. The Morgan fingerprint density at radius 2 is 1.58 bits per heavy atom. The summed E-state index contributed by atoms with van der Waals surface area (Å²) in [5.41, 5.74) is 4.08. The fourth-order valence-electron chi connectivity index (χ4n) is 3.93. The molecule has 5 rings (SSSR count). The minimum Gasteiger partial charge on any atom is -0.344 e. The number of thiophene rings is 1. The van der Waals surface area contributed by atoms with Crippen molar-refractivity contribution in [3.8, 4) is 0 Å². The molecule has 0 bridgehead atoms. The number of fused-ring (bicyclic) bond motifs is 6. The minimum absolute atomic E-state index is 0.553. The average Bonchev–Trinajstić information content (AvgIpc) is 3.09. The molecule has 0 atom stereocenters. The largest absolute Gasteiger partial charge is 0.344 e. The summed E-state index contributed by atoms with van der Waals surface area (Å²) in [5.74, 6) is 0.553. The molecule has 2 heteroatoms. The van der Waals surface area contributed by atoms with E-state index in [1.165, 1.54) is 47.5 Å². The van der Waals surface area contributed by atoms with Gasteiger partial charge in [0.1, 0.15) is 0 Å². The SMILES string of the molecule is CC(C)c1cccc2c1sc1cc3c4ccccc4n(C)c3cc12. The highest BCUT2D eigenvalue weighted by Crippen LogP contribution is 2.41. The molecule has 0 aliphatic rings. The van der Waals surface area contributed by atoms with Crippen molar-refractivity contribution in [2.45, 2.75) is 19.8 Å². The maximum atomic E-state index is 2.39. The summed E-state index contributed by atoms with van der Waals surface area (Å²) in [5, 5.41) is 5.49. The van der Waals surface area contributed by atoms with Crippen LogP contribution in [-0.2, 0) is 7.05 Å². The highest BCUT2D eigenvalue weighted by atomic mass is 32.1. The van der Waals surface area contributed by atoms with Gasteiger partial charge in [0.2, 0.25) is 0 Å². The van der Waals surface area contributed by atoms with Crippen LogP contribution in [0.5, 0.6) is 0 Å². The molecule has 0 saturated heterocycles. The first-order valence-electron chi connectivity index (χ1n) is 8.47. The van der Waals surface area contributed by atoms with Gasteiger partial charge in [-0.2, -0.15) is 0 Å². The molecule has 0 amide bonds.